The Morgan fingerprint density at radius 3 is 2.60 bits per heavy atom. The number of fused-ring (bicyclic) bond motifs is 1. The minimum Gasteiger partial charge on any atom is -0.444 e. The molecule has 1 fully saturated rings. The molecule has 1 aliphatic rings. The van der Waals surface area contributed by atoms with E-state index in [-0.39, 0.29) is 6.42 Å². The lowest BCUT2D eigenvalue weighted by molar-refractivity contribution is -0.124. The molecule has 0 spiro atoms. The maximum atomic E-state index is 14.4. The van der Waals surface area contributed by atoms with Crippen LogP contribution in [-0.2, 0) is 9.53 Å². The number of carbonyl (C=O) groups is 2. The van der Waals surface area contributed by atoms with Crippen LogP contribution < -0.4 is 10.6 Å². The molecule has 0 saturated heterocycles. The van der Waals surface area contributed by atoms with E-state index in [1.54, 1.807) is 27.0 Å². The van der Waals surface area contributed by atoms with Crippen LogP contribution in [-0.4, -0.2) is 34.3 Å². The Morgan fingerprint density at radius 1 is 1.27 bits per heavy atom. The predicted molar refractivity (Wildman–Crippen MR) is 109 cm³/mol. The van der Waals surface area contributed by atoms with Crippen molar-refractivity contribution < 1.29 is 18.7 Å². The Morgan fingerprint density at radius 2 is 1.97 bits per heavy atom. The van der Waals surface area contributed by atoms with Gasteiger partial charge in [-0.25, -0.2) is 9.18 Å². The third-order valence-electron chi connectivity index (χ3n) is 4.80. The van der Waals surface area contributed by atoms with Gasteiger partial charge in [0, 0.05) is 29.8 Å². The molecule has 2 N–H and O–H groups in total. The van der Waals surface area contributed by atoms with Crippen LogP contribution in [0.15, 0.2) is 36.7 Å². The SMILES string of the molecule is CC(C)(C)OC(=O)N[C@@H](CC1(F)CC1)C(=O)NC(C#N)c1cncc2ccccc12. The summed E-state index contributed by atoms with van der Waals surface area (Å²) in [6, 6.07) is 7.26. The Bertz CT molecular complexity index is 987. The summed E-state index contributed by atoms with van der Waals surface area (Å²) in [6.07, 6.45) is 2.87. The minimum absolute atomic E-state index is 0.177. The van der Waals surface area contributed by atoms with Crippen molar-refractivity contribution in [2.45, 2.75) is 63.4 Å². The van der Waals surface area contributed by atoms with Crippen LogP contribution in [0.25, 0.3) is 10.8 Å². The summed E-state index contributed by atoms with van der Waals surface area (Å²) in [4.78, 5) is 29.2. The predicted octanol–water partition coefficient (Wildman–Crippen LogP) is 3.70. The number of halogens is 1. The Balaban J connectivity index is 1.79. The molecule has 8 heteroatoms. The average Bonchev–Trinajstić information content (AvgIpc) is 3.40. The molecular formula is C22H25FN4O3. The highest BCUT2D eigenvalue weighted by molar-refractivity contribution is 5.89. The summed E-state index contributed by atoms with van der Waals surface area (Å²) in [5, 5.41) is 16.3. The van der Waals surface area contributed by atoms with E-state index < -0.39 is 35.4 Å². The van der Waals surface area contributed by atoms with Crippen molar-refractivity contribution in [1.82, 2.24) is 15.6 Å². The molecule has 30 heavy (non-hydrogen) atoms. The van der Waals surface area contributed by atoms with Gasteiger partial charge in [0.05, 0.1) is 6.07 Å². The van der Waals surface area contributed by atoms with E-state index in [4.69, 9.17) is 4.74 Å². The lowest BCUT2D eigenvalue weighted by Gasteiger charge is -2.25. The van der Waals surface area contributed by atoms with Gasteiger partial charge in [-0.05, 0) is 39.0 Å². The average molecular weight is 412 g/mol. The highest BCUT2D eigenvalue weighted by Crippen LogP contribution is 2.43. The molecule has 2 amide bonds. The number of benzene rings is 1. The van der Waals surface area contributed by atoms with E-state index in [2.05, 4.69) is 21.7 Å². The fraction of sp³-hybridized carbons (Fsp3) is 0.455. The normalized spacial score (nSPS) is 16.8. The highest BCUT2D eigenvalue weighted by Gasteiger charge is 2.47. The summed E-state index contributed by atoms with van der Waals surface area (Å²) in [6.45, 7) is 5.08. The van der Waals surface area contributed by atoms with Crippen molar-refractivity contribution in [1.29, 1.82) is 5.26 Å². The van der Waals surface area contributed by atoms with Crippen LogP contribution in [0.1, 0.15) is 51.6 Å². The Kier molecular flexibility index (Phi) is 5.92. The number of pyridine rings is 1. The van der Waals surface area contributed by atoms with Gasteiger partial charge in [-0.1, -0.05) is 24.3 Å². The number of rotatable bonds is 6. The number of ether oxygens (including phenoxy) is 1. The molecule has 158 valence electrons. The standard InChI is InChI=1S/C22H25FN4O3/c1-21(2,3)30-20(29)27-17(10-22(23)8-9-22)19(28)26-18(11-24)16-13-25-12-14-6-4-5-7-15(14)16/h4-7,12-13,17-18H,8-10H2,1-3H3,(H,26,28)(H,27,29)/t17-,18?/m0/s1. The van der Waals surface area contributed by atoms with Crippen molar-refractivity contribution in [2.24, 2.45) is 0 Å². The van der Waals surface area contributed by atoms with Gasteiger partial charge >= 0.3 is 6.09 Å². The van der Waals surface area contributed by atoms with E-state index >= 15 is 0 Å². The number of nitrogens with zero attached hydrogens (tertiary/aromatic N) is 2. The van der Waals surface area contributed by atoms with E-state index in [0.717, 1.165) is 10.8 Å². The zero-order chi connectivity index (χ0) is 21.9. The molecule has 1 heterocycles. The summed E-state index contributed by atoms with van der Waals surface area (Å²) < 4.78 is 19.6. The number of aromatic nitrogens is 1. The largest absolute Gasteiger partial charge is 0.444 e. The zero-order valence-corrected chi connectivity index (χ0v) is 17.2. The van der Waals surface area contributed by atoms with Gasteiger partial charge in [-0.2, -0.15) is 5.26 Å². The molecule has 2 atom stereocenters. The number of hydrogen-bond acceptors (Lipinski definition) is 5. The number of hydrogen-bond donors (Lipinski definition) is 2. The van der Waals surface area contributed by atoms with Crippen LogP contribution in [0.5, 0.6) is 0 Å². The van der Waals surface area contributed by atoms with Crippen LogP contribution >= 0.6 is 0 Å². The van der Waals surface area contributed by atoms with Gasteiger partial charge in [0.1, 0.15) is 23.4 Å². The number of alkyl halides is 1. The molecule has 0 bridgehead atoms. The van der Waals surface area contributed by atoms with Gasteiger partial charge < -0.3 is 15.4 Å². The van der Waals surface area contributed by atoms with Crippen LogP contribution in [0.3, 0.4) is 0 Å². The van der Waals surface area contributed by atoms with Crippen LogP contribution in [0, 0.1) is 11.3 Å². The van der Waals surface area contributed by atoms with Gasteiger partial charge in [0.15, 0.2) is 0 Å². The fourth-order valence-corrected chi connectivity index (χ4v) is 3.16. The second-order valence-electron chi connectivity index (χ2n) is 8.57. The van der Waals surface area contributed by atoms with Crippen LogP contribution in [0.4, 0.5) is 9.18 Å². The number of alkyl carbamates (subject to hydrolysis) is 1. The van der Waals surface area contributed by atoms with Gasteiger partial charge in [-0.15, -0.1) is 0 Å². The summed E-state index contributed by atoms with van der Waals surface area (Å²) >= 11 is 0. The summed E-state index contributed by atoms with van der Waals surface area (Å²) in [5.41, 5.74) is -1.72. The second-order valence-corrected chi connectivity index (χ2v) is 8.57. The summed E-state index contributed by atoms with van der Waals surface area (Å²) in [7, 11) is 0. The molecule has 1 aliphatic carbocycles. The molecule has 0 radical (unpaired) electrons. The maximum Gasteiger partial charge on any atom is 0.408 e. The Hall–Kier alpha value is -3.21. The first-order valence-electron chi connectivity index (χ1n) is 9.81. The number of nitrogens with one attached hydrogen (secondary N) is 2. The number of carbonyl (C=O) groups excluding carboxylic acids is 2. The van der Waals surface area contributed by atoms with Crippen molar-refractivity contribution in [2.75, 3.05) is 0 Å². The van der Waals surface area contributed by atoms with E-state index in [9.17, 15) is 19.2 Å². The molecular weight excluding hydrogens is 387 g/mol. The van der Waals surface area contributed by atoms with E-state index in [1.165, 1.54) is 6.20 Å². The third-order valence-corrected chi connectivity index (χ3v) is 4.80. The van der Waals surface area contributed by atoms with Gasteiger partial charge in [0.2, 0.25) is 5.91 Å². The van der Waals surface area contributed by atoms with E-state index in [0.29, 0.717) is 18.4 Å². The third kappa shape index (κ3) is 5.44. The molecule has 1 aromatic heterocycles. The topological polar surface area (TPSA) is 104 Å². The number of amides is 2. The minimum atomic E-state index is -1.49. The first-order valence-corrected chi connectivity index (χ1v) is 9.81. The summed E-state index contributed by atoms with van der Waals surface area (Å²) in [5.74, 6) is -0.649. The lowest BCUT2D eigenvalue weighted by Crippen LogP contribution is -2.50. The molecule has 1 aromatic carbocycles. The molecule has 1 saturated carbocycles. The molecule has 1 unspecified atom stereocenters. The second kappa shape index (κ2) is 8.27. The monoisotopic (exact) mass is 412 g/mol. The maximum absolute atomic E-state index is 14.4. The molecule has 0 aliphatic heterocycles. The zero-order valence-electron chi connectivity index (χ0n) is 17.2. The van der Waals surface area contributed by atoms with Crippen molar-refractivity contribution >= 4 is 22.8 Å². The molecule has 3 rings (SSSR count). The van der Waals surface area contributed by atoms with Crippen molar-refractivity contribution in [3.8, 4) is 6.07 Å². The number of nitriles is 1. The molecule has 7 nitrogen and oxygen atoms in total. The van der Waals surface area contributed by atoms with Crippen molar-refractivity contribution in [3.63, 3.8) is 0 Å². The quantitative estimate of drug-likeness (QED) is 0.753. The van der Waals surface area contributed by atoms with Gasteiger partial charge in [0.25, 0.3) is 0 Å². The first kappa shape index (κ1) is 21.5. The van der Waals surface area contributed by atoms with Gasteiger partial charge in [-0.3, -0.25) is 9.78 Å². The van der Waals surface area contributed by atoms with E-state index in [1.807, 2.05) is 24.3 Å². The Labute approximate surface area is 174 Å². The highest BCUT2D eigenvalue weighted by atomic mass is 19.1. The van der Waals surface area contributed by atoms with Crippen molar-refractivity contribution in [3.05, 3.63) is 42.2 Å². The van der Waals surface area contributed by atoms with Crippen LogP contribution in [0.2, 0.25) is 0 Å². The first-order chi connectivity index (χ1) is 14.1. The smallest absolute Gasteiger partial charge is 0.408 e. The lowest BCUT2D eigenvalue weighted by atomic mass is 10.0. The molecule has 2 aromatic rings. The fourth-order valence-electron chi connectivity index (χ4n) is 3.16.